The molecule has 1 unspecified atom stereocenters. The molecule has 1 heterocycles. The van der Waals surface area contributed by atoms with Crippen LogP contribution in [0.15, 0.2) is 48.8 Å². The van der Waals surface area contributed by atoms with E-state index < -0.39 is 0 Å². The van der Waals surface area contributed by atoms with Crippen molar-refractivity contribution in [3.05, 3.63) is 48.8 Å². The number of benzene rings is 1. The van der Waals surface area contributed by atoms with Crippen molar-refractivity contribution in [1.82, 2.24) is 9.97 Å². The van der Waals surface area contributed by atoms with Crippen molar-refractivity contribution in [1.29, 1.82) is 0 Å². The molecule has 0 bridgehead atoms. The van der Waals surface area contributed by atoms with Crippen molar-refractivity contribution in [2.24, 2.45) is 0 Å². The highest BCUT2D eigenvalue weighted by Crippen LogP contribution is 2.10. The minimum absolute atomic E-state index is 0.0567. The quantitative estimate of drug-likeness (QED) is 0.855. The minimum Gasteiger partial charge on any atom is -0.489 e. The summed E-state index contributed by atoms with van der Waals surface area (Å²) >= 11 is 0. The molecule has 2 rings (SSSR count). The highest BCUT2D eigenvalue weighted by atomic mass is 16.5. The molecule has 0 spiro atoms. The van der Waals surface area contributed by atoms with Gasteiger partial charge >= 0.3 is 0 Å². The van der Waals surface area contributed by atoms with Crippen LogP contribution in [0.2, 0.25) is 0 Å². The fourth-order valence-electron chi connectivity index (χ4n) is 1.40. The maximum Gasteiger partial charge on any atom is 0.222 e. The Morgan fingerprint density at radius 3 is 2.53 bits per heavy atom. The van der Waals surface area contributed by atoms with Gasteiger partial charge in [0, 0.05) is 12.4 Å². The van der Waals surface area contributed by atoms with Gasteiger partial charge in [0.1, 0.15) is 11.9 Å². The van der Waals surface area contributed by atoms with Gasteiger partial charge in [-0.2, -0.15) is 0 Å². The third kappa shape index (κ3) is 3.75. The predicted molar refractivity (Wildman–Crippen MR) is 67.1 cm³/mol. The zero-order chi connectivity index (χ0) is 11.9. The molecule has 0 amide bonds. The van der Waals surface area contributed by atoms with Gasteiger partial charge in [0.25, 0.3) is 0 Å². The monoisotopic (exact) mass is 229 g/mol. The zero-order valence-electron chi connectivity index (χ0n) is 9.71. The maximum atomic E-state index is 5.72. The Hall–Kier alpha value is -2.10. The second kappa shape index (κ2) is 5.84. The molecule has 0 aliphatic heterocycles. The first-order valence-corrected chi connectivity index (χ1v) is 5.57. The SMILES string of the molecule is CC(CNc1ncccn1)Oc1ccccc1. The number of hydrogen-bond acceptors (Lipinski definition) is 4. The Bertz CT molecular complexity index is 433. The summed E-state index contributed by atoms with van der Waals surface area (Å²) in [7, 11) is 0. The van der Waals surface area contributed by atoms with Crippen LogP contribution in [-0.4, -0.2) is 22.6 Å². The van der Waals surface area contributed by atoms with Crippen molar-refractivity contribution in [2.75, 3.05) is 11.9 Å². The zero-order valence-corrected chi connectivity index (χ0v) is 9.71. The second-order valence-electron chi connectivity index (χ2n) is 3.69. The number of nitrogens with zero attached hydrogens (tertiary/aromatic N) is 2. The summed E-state index contributed by atoms with van der Waals surface area (Å²) < 4.78 is 5.72. The summed E-state index contributed by atoms with van der Waals surface area (Å²) in [6.07, 6.45) is 3.47. The van der Waals surface area contributed by atoms with E-state index >= 15 is 0 Å². The Kier molecular flexibility index (Phi) is 3.91. The van der Waals surface area contributed by atoms with Crippen LogP contribution in [0.25, 0.3) is 0 Å². The molecule has 0 fully saturated rings. The second-order valence-corrected chi connectivity index (χ2v) is 3.69. The maximum absolute atomic E-state index is 5.72. The average molecular weight is 229 g/mol. The van der Waals surface area contributed by atoms with Gasteiger partial charge < -0.3 is 10.1 Å². The minimum atomic E-state index is 0.0567. The summed E-state index contributed by atoms with van der Waals surface area (Å²) in [5.41, 5.74) is 0. The van der Waals surface area contributed by atoms with E-state index in [9.17, 15) is 0 Å². The van der Waals surface area contributed by atoms with Gasteiger partial charge in [0.15, 0.2) is 0 Å². The van der Waals surface area contributed by atoms with Crippen molar-refractivity contribution in [2.45, 2.75) is 13.0 Å². The van der Waals surface area contributed by atoms with E-state index in [-0.39, 0.29) is 6.10 Å². The van der Waals surface area contributed by atoms with Crippen LogP contribution in [0.4, 0.5) is 5.95 Å². The summed E-state index contributed by atoms with van der Waals surface area (Å²) in [6.45, 7) is 2.67. The van der Waals surface area contributed by atoms with Crippen molar-refractivity contribution in [3.63, 3.8) is 0 Å². The molecule has 0 saturated carbocycles. The van der Waals surface area contributed by atoms with Crippen LogP contribution in [0.3, 0.4) is 0 Å². The topological polar surface area (TPSA) is 47.0 Å². The van der Waals surface area contributed by atoms with E-state index in [1.807, 2.05) is 37.3 Å². The van der Waals surface area contributed by atoms with E-state index in [1.165, 1.54) is 0 Å². The first-order chi connectivity index (χ1) is 8.34. The molecule has 2 aromatic rings. The molecule has 88 valence electrons. The van der Waals surface area contributed by atoms with E-state index in [0.717, 1.165) is 5.75 Å². The lowest BCUT2D eigenvalue weighted by Crippen LogP contribution is -2.23. The lowest BCUT2D eigenvalue weighted by Gasteiger charge is -2.15. The van der Waals surface area contributed by atoms with Gasteiger partial charge in [-0.05, 0) is 25.1 Å². The molecule has 1 N–H and O–H groups in total. The lowest BCUT2D eigenvalue weighted by atomic mass is 10.3. The molecule has 0 aliphatic rings. The molecule has 0 saturated heterocycles. The first-order valence-electron chi connectivity index (χ1n) is 5.57. The van der Waals surface area contributed by atoms with Gasteiger partial charge in [-0.1, -0.05) is 18.2 Å². The van der Waals surface area contributed by atoms with E-state index in [2.05, 4.69) is 15.3 Å². The summed E-state index contributed by atoms with van der Waals surface area (Å²) in [6, 6.07) is 11.5. The summed E-state index contributed by atoms with van der Waals surface area (Å²) in [5.74, 6) is 1.49. The standard InChI is InChI=1S/C13H15N3O/c1-11(17-12-6-3-2-4-7-12)10-16-13-14-8-5-9-15-13/h2-9,11H,10H2,1H3,(H,14,15,16). The highest BCUT2D eigenvalue weighted by molar-refractivity contribution is 5.23. The molecule has 1 aromatic heterocycles. The van der Waals surface area contributed by atoms with Gasteiger partial charge in [-0.3, -0.25) is 0 Å². The first kappa shape index (κ1) is 11.4. The lowest BCUT2D eigenvalue weighted by molar-refractivity contribution is 0.234. The third-order valence-corrected chi connectivity index (χ3v) is 2.19. The number of hydrogen-bond donors (Lipinski definition) is 1. The normalized spacial score (nSPS) is 11.8. The highest BCUT2D eigenvalue weighted by Gasteiger charge is 2.03. The predicted octanol–water partition coefficient (Wildman–Crippen LogP) is 2.36. The Morgan fingerprint density at radius 1 is 1.12 bits per heavy atom. The van der Waals surface area contributed by atoms with Crippen LogP contribution >= 0.6 is 0 Å². The van der Waals surface area contributed by atoms with E-state index in [1.54, 1.807) is 18.5 Å². The molecule has 17 heavy (non-hydrogen) atoms. The smallest absolute Gasteiger partial charge is 0.222 e. The molecule has 0 aliphatic carbocycles. The number of nitrogens with one attached hydrogen (secondary N) is 1. The van der Waals surface area contributed by atoms with Crippen LogP contribution in [0, 0.1) is 0 Å². The fourth-order valence-corrected chi connectivity index (χ4v) is 1.40. The number of rotatable bonds is 5. The Labute approximate surface area is 101 Å². The van der Waals surface area contributed by atoms with Crippen LogP contribution < -0.4 is 10.1 Å². The van der Waals surface area contributed by atoms with Gasteiger partial charge in [-0.15, -0.1) is 0 Å². The molecular weight excluding hydrogens is 214 g/mol. The Morgan fingerprint density at radius 2 is 1.82 bits per heavy atom. The van der Waals surface area contributed by atoms with Gasteiger partial charge in [-0.25, -0.2) is 9.97 Å². The van der Waals surface area contributed by atoms with Crippen molar-refractivity contribution in [3.8, 4) is 5.75 Å². The van der Waals surface area contributed by atoms with Crippen LogP contribution in [0.5, 0.6) is 5.75 Å². The number of ether oxygens (including phenoxy) is 1. The van der Waals surface area contributed by atoms with Crippen molar-refractivity contribution >= 4 is 5.95 Å². The third-order valence-electron chi connectivity index (χ3n) is 2.19. The van der Waals surface area contributed by atoms with Crippen molar-refractivity contribution < 1.29 is 4.74 Å². The van der Waals surface area contributed by atoms with E-state index in [4.69, 9.17) is 4.74 Å². The Balaban J connectivity index is 1.80. The number of para-hydroxylation sites is 1. The van der Waals surface area contributed by atoms with Crippen LogP contribution in [-0.2, 0) is 0 Å². The molecule has 0 radical (unpaired) electrons. The molecule has 1 atom stereocenters. The molecule has 1 aromatic carbocycles. The summed E-state index contributed by atoms with van der Waals surface area (Å²) in [5, 5.41) is 3.12. The fraction of sp³-hybridized carbons (Fsp3) is 0.231. The van der Waals surface area contributed by atoms with Gasteiger partial charge in [0.2, 0.25) is 5.95 Å². The van der Waals surface area contributed by atoms with Crippen LogP contribution in [0.1, 0.15) is 6.92 Å². The average Bonchev–Trinajstić information content (AvgIpc) is 2.39. The van der Waals surface area contributed by atoms with E-state index in [0.29, 0.717) is 12.5 Å². The largest absolute Gasteiger partial charge is 0.489 e. The number of aromatic nitrogens is 2. The number of anilines is 1. The molecule has 4 heteroatoms. The van der Waals surface area contributed by atoms with Gasteiger partial charge in [0.05, 0.1) is 6.54 Å². The molecular formula is C13H15N3O. The molecule has 4 nitrogen and oxygen atoms in total. The summed E-state index contributed by atoms with van der Waals surface area (Å²) in [4.78, 5) is 8.16.